The third-order valence-electron chi connectivity index (χ3n) is 3.98. The maximum absolute atomic E-state index is 13.1. The minimum Gasteiger partial charge on any atom is -0.370 e. The highest BCUT2D eigenvalue weighted by Crippen LogP contribution is 2.24. The van der Waals surface area contributed by atoms with Crippen LogP contribution in [0.1, 0.15) is 23.1 Å². The number of halogens is 2. The van der Waals surface area contributed by atoms with Crippen molar-refractivity contribution in [3.63, 3.8) is 0 Å². The second-order valence-corrected chi connectivity index (χ2v) is 5.76. The number of nitrogens with zero attached hydrogens (tertiary/aromatic N) is 1. The molecule has 3 rings (SSSR count). The molecule has 120 valence electrons. The minimum atomic E-state index is -0.576. The Labute approximate surface area is 134 Å². The van der Waals surface area contributed by atoms with Gasteiger partial charge < -0.3 is 11.1 Å². The first-order valence-electron chi connectivity index (χ1n) is 7.74. The lowest BCUT2D eigenvalue weighted by atomic mass is 10.1. The second kappa shape index (κ2) is 6.77. The Balaban J connectivity index is 1.57. The summed E-state index contributed by atoms with van der Waals surface area (Å²) in [7, 11) is 0. The van der Waals surface area contributed by atoms with Crippen LogP contribution in [0.5, 0.6) is 0 Å². The van der Waals surface area contributed by atoms with Crippen molar-refractivity contribution in [1.29, 1.82) is 0 Å². The number of benzene rings is 2. The smallest absolute Gasteiger partial charge is 0.193 e. The Morgan fingerprint density at radius 1 is 1.04 bits per heavy atom. The molecule has 2 aromatic carbocycles. The molecule has 5 heteroatoms. The van der Waals surface area contributed by atoms with Crippen molar-refractivity contribution in [3.05, 3.63) is 64.7 Å². The molecule has 0 atom stereocenters. The molecular weight excluding hydrogens is 296 g/mol. The summed E-state index contributed by atoms with van der Waals surface area (Å²) in [6.07, 6.45) is 3.88. The van der Waals surface area contributed by atoms with Crippen LogP contribution in [0.2, 0.25) is 0 Å². The summed E-state index contributed by atoms with van der Waals surface area (Å²) >= 11 is 0. The fraction of sp³-hybridized carbons (Fsp3) is 0.278. The molecule has 3 N–H and O–H groups in total. The summed E-state index contributed by atoms with van der Waals surface area (Å²) in [5.74, 6) is -0.846. The highest BCUT2D eigenvalue weighted by molar-refractivity contribution is 5.92. The Morgan fingerprint density at radius 2 is 1.78 bits per heavy atom. The molecule has 0 spiro atoms. The summed E-state index contributed by atoms with van der Waals surface area (Å²) in [4.78, 5) is 4.21. The van der Waals surface area contributed by atoms with Crippen LogP contribution in [0.15, 0.2) is 41.4 Å². The summed E-state index contributed by atoms with van der Waals surface area (Å²) in [6.45, 7) is 0.368. The summed E-state index contributed by atoms with van der Waals surface area (Å²) in [5.41, 5.74) is 10.1. The number of rotatable bonds is 4. The molecule has 3 nitrogen and oxygen atoms in total. The molecule has 23 heavy (non-hydrogen) atoms. The van der Waals surface area contributed by atoms with E-state index in [1.165, 1.54) is 29.7 Å². The predicted octanol–water partition coefficient (Wildman–Crippen LogP) is 3.42. The van der Waals surface area contributed by atoms with Gasteiger partial charge in [-0.1, -0.05) is 6.07 Å². The fourth-order valence-corrected chi connectivity index (χ4v) is 2.90. The van der Waals surface area contributed by atoms with Gasteiger partial charge in [0.15, 0.2) is 5.96 Å². The van der Waals surface area contributed by atoms with Gasteiger partial charge in [0.2, 0.25) is 0 Å². The van der Waals surface area contributed by atoms with Crippen LogP contribution in [0.4, 0.5) is 14.5 Å². The Hall–Kier alpha value is -2.43. The largest absolute Gasteiger partial charge is 0.370 e. The third kappa shape index (κ3) is 4.06. The van der Waals surface area contributed by atoms with Gasteiger partial charge in [-0.3, -0.25) is 4.99 Å². The number of hydrogen-bond donors (Lipinski definition) is 2. The quantitative estimate of drug-likeness (QED) is 0.671. The average Bonchev–Trinajstić information content (AvgIpc) is 2.93. The molecule has 0 amide bonds. The molecule has 0 saturated carbocycles. The highest BCUT2D eigenvalue weighted by atomic mass is 19.1. The van der Waals surface area contributed by atoms with Gasteiger partial charge in [-0.15, -0.1) is 0 Å². The van der Waals surface area contributed by atoms with E-state index < -0.39 is 11.6 Å². The van der Waals surface area contributed by atoms with E-state index in [1.54, 1.807) is 0 Å². The van der Waals surface area contributed by atoms with Crippen LogP contribution in [-0.4, -0.2) is 12.5 Å². The monoisotopic (exact) mass is 315 g/mol. The Morgan fingerprint density at radius 3 is 2.57 bits per heavy atom. The molecule has 0 bridgehead atoms. The number of aryl methyl sites for hydroxylation is 2. The van der Waals surface area contributed by atoms with Gasteiger partial charge in [-0.05, 0) is 66.6 Å². The van der Waals surface area contributed by atoms with Gasteiger partial charge in [-0.25, -0.2) is 8.78 Å². The second-order valence-electron chi connectivity index (χ2n) is 5.76. The summed E-state index contributed by atoms with van der Waals surface area (Å²) < 4.78 is 26.2. The molecule has 0 aliphatic heterocycles. The van der Waals surface area contributed by atoms with E-state index in [0.717, 1.165) is 24.6 Å². The van der Waals surface area contributed by atoms with Gasteiger partial charge >= 0.3 is 0 Å². The fourth-order valence-electron chi connectivity index (χ4n) is 2.90. The molecule has 0 aromatic heterocycles. The lowest BCUT2D eigenvalue weighted by molar-refractivity contribution is 0.579. The van der Waals surface area contributed by atoms with Crippen molar-refractivity contribution in [2.45, 2.75) is 25.7 Å². The molecule has 2 aromatic rings. The molecule has 0 radical (unpaired) electrons. The number of fused-ring (bicyclic) bond motifs is 1. The van der Waals surface area contributed by atoms with E-state index in [9.17, 15) is 8.78 Å². The molecule has 0 saturated heterocycles. The van der Waals surface area contributed by atoms with Gasteiger partial charge in [0.1, 0.15) is 11.6 Å². The Kier molecular flexibility index (Phi) is 4.55. The van der Waals surface area contributed by atoms with E-state index in [1.807, 2.05) is 6.07 Å². The maximum atomic E-state index is 13.1. The van der Waals surface area contributed by atoms with Crippen LogP contribution in [-0.2, 0) is 19.3 Å². The number of nitrogens with two attached hydrogens (primary N) is 1. The zero-order chi connectivity index (χ0) is 16.2. The topological polar surface area (TPSA) is 50.4 Å². The number of aliphatic imine (C=N–C) groups is 1. The van der Waals surface area contributed by atoms with Crippen LogP contribution in [0.3, 0.4) is 0 Å². The van der Waals surface area contributed by atoms with E-state index in [0.29, 0.717) is 24.5 Å². The van der Waals surface area contributed by atoms with E-state index >= 15 is 0 Å². The van der Waals surface area contributed by atoms with Crippen molar-refractivity contribution in [2.24, 2.45) is 10.7 Å². The molecule has 0 unspecified atom stereocenters. The molecule has 0 fully saturated rings. The van der Waals surface area contributed by atoms with E-state index in [4.69, 9.17) is 5.73 Å². The number of nitrogens with one attached hydrogen (secondary N) is 1. The third-order valence-corrected chi connectivity index (χ3v) is 3.98. The van der Waals surface area contributed by atoms with E-state index in [-0.39, 0.29) is 0 Å². The number of guanidine groups is 1. The van der Waals surface area contributed by atoms with Crippen LogP contribution < -0.4 is 11.1 Å². The van der Waals surface area contributed by atoms with E-state index in [2.05, 4.69) is 22.4 Å². The average molecular weight is 315 g/mol. The van der Waals surface area contributed by atoms with Gasteiger partial charge in [0, 0.05) is 18.3 Å². The highest BCUT2D eigenvalue weighted by Gasteiger charge is 2.10. The lowest BCUT2D eigenvalue weighted by Crippen LogP contribution is -2.23. The minimum absolute atomic E-state index is 0.305. The maximum Gasteiger partial charge on any atom is 0.193 e. The first-order chi connectivity index (χ1) is 11.1. The molecule has 1 aliphatic carbocycles. The van der Waals surface area contributed by atoms with Crippen molar-refractivity contribution in [3.8, 4) is 0 Å². The van der Waals surface area contributed by atoms with Gasteiger partial charge in [0.05, 0.1) is 0 Å². The summed E-state index contributed by atoms with van der Waals surface area (Å²) in [5, 5.41) is 3.06. The Bertz CT molecular complexity index is 721. The molecular formula is C18H19F2N3. The summed E-state index contributed by atoms with van der Waals surface area (Å²) in [6, 6.07) is 9.69. The van der Waals surface area contributed by atoms with Crippen LogP contribution in [0, 0.1) is 11.6 Å². The van der Waals surface area contributed by atoms with Crippen molar-refractivity contribution in [1.82, 2.24) is 0 Å². The standard InChI is InChI=1S/C18H19F2N3/c19-15-8-12(9-16(20)11-15)6-7-22-18(21)23-17-5-4-13-2-1-3-14(13)10-17/h4-5,8-11H,1-3,6-7H2,(H3,21,22,23). The zero-order valence-electron chi connectivity index (χ0n) is 12.8. The zero-order valence-corrected chi connectivity index (χ0v) is 12.8. The van der Waals surface area contributed by atoms with Crippen molar-refractivity contribution in [2.75, 3.05) is 11.9 Å². The first-order valence-corrected chi connectivity index (χ1v) is 7.74. The van der Waals surface area contributed by atoms with Crippen molar-refractivity contribution < 1.29 is 8.78 Å². The van der Waals surface area contributed by atoms with Crippen molar-refractivity contribution >= 4 is 11.6 Å². The number of anilines is 1. The normalized spacial score (nSPS) is 13.9. The SMILES string of the molecule is NC(=NCCc1cc(F)cc(F)c1)Nc1ccc2c(c1)CCC2. The molecule has 0 heterocycles. The lowest BCUT2D eigenvalue weighted by Gasteiger charge is -2.08. The van der Waals surface area contributed by atoms with Crippen LogP contribution in [0.25, 0.3) is 0 Å². The van der Waals surface area contributed by atoms with Crippen LogP contribution >= 0.6 is 0 Å². The first kappa shape index (κ1) is 15.5. The van der Waals surface area contributed by atoms with Gasteiger partial charge in [-0.2, -0.15) is 0 Å². The predicted molar refractivity (Wildman–Crippen MR) is 88.6 cm³/mol. The molecule has 1 aliphatic rings. The van der Waals surface area contributed by atoms with Gasteiger partial charge in [0.25, 0.3) is 0 Å². The number of hydrogen-bond acceptors (Lipinski definition) is 1.